The van der Waals surface area contributed by atoms with Gasteiger partial charge in [0.25, 0.3) is 5.71 Å². The molecular formula is C21H18Cl2N2O2. The second kappa shape index (κ2) is 6.95. The second-order valence-corrected chi connectivity index (χ2v) is 7.28. The molecule has 0 bridgehead atoms. The first-order chi connectivity index (χ1) is 13.0. The highest BCUT2D eigenvalue weighted by Gasteiger charge is 2.24. The Labute approximate surface area is 167 Å². The van der Waals surface area contributed by atoms with Gasteiger partial charge in [-0.3, -0.25) is 0 Å². The fourth-order valence-corrected chi connectivity index (χ4v) is 3.66. The van der Waals surface area contributed by atoms with Gasteiger partial charge in [-0.2, -0.15) is 9.61 Å². The number of oxazole rings is 1. The van der Waals surface area contributed by atoms with E-state index in [1.165, 1.54) is 0 Å². The molecule has 0 aliphatic heterocycles. The van der Waals surface area contributed by atoms with Crippen LogP contribution in [0, 0.1) is 13.8 Å². The van der Waals surface area contributed by atoms with Gasteiger partial charge in [0, 0.05) is 10.6 Å². The Hall–Kier alpha value is -2.43. The molecule has 6 heteroatoms. The molecule has 2 aromatic carbocycles. The third-order valence-corrected chi connectivity index (χ3v) is 5.06. The zero-order chi connectivity index (χ0) is 19.1. The van der Waals surface area contributed by atoms with E-state index in [9.17, 15) is 0 Å². The molecule has 0 amide bonds. The Morgan fingerprint density at radius 3 is 2.52 bits per heavy atom. The average molecular weight is 401 g/mol. The fourth-order valence-electron chi connectivity index (χ4n) is 3.17. The van der Waals surface area contributed by atoms with Gasteiger partial charge in [-0.15, -0.1) is 0 Å². The van der Waals surface area contributed by atoms with Crippen LogP contribution in [-0.4, -0.2) is 9.61 Å². The zero-order valence-corrected chi connectivity index (χ0v) is 16.7. The molecule has 4 aromatic rings. The van der Waals surface area contributed by atoms with Gasteiger partial charge in [0.05, 0.1) is 5.02 Å². The molecule has 0 fully saturated rings. The van der Waals surface area contributed by atoms with Crippen molar-refractivity contribution in [2.24, 2.45) is 0 Å². The monoisotopic (exact) mass is 400 g/mol. The minimum atomic E-state index is -0.133. The van der Waals surface area contributed by atoms with E-state index in [1.54, 1.807) is 16.6 Å². The lowest BCUT2D eigenvalue weighted by molar-refractivity contribution is 0.225. The van der Waals surface area contributed by atoms with E-state index in [0.717, 1.165) is 22.5 Å². The number of hydrogen-bond acceptors (Lipinski definition) is 3. The Balaban J connectivity index is 1.80. The summed E-state index contributed by atoms with van der Waals surface area (Å²) in [4.78, 5) is 0. The largest absolute Gasteiger partial charge is 0.479 e. The summed E-state index contributed by atoms with van der Waals surface area (Å²) in [6, 6.07) is 15.4. The van der Waals surface area contributed by atoms with E-state index >= 15 is 0 Å². The summed E-state index contributed by atoms with van der Waals surface area (Å²) in [6.07, 6.45) is -0.133. The molecule has 0 radical (unpaired) electrons. The van der Waals surface area contributed by atoms with Crippen LogP contribution in [0.15, 0.2) is 52.9 Å². The van der Waals surface area contributed by atoms with Crippen molar-refractivity contribution >= 4 is 28.9 Å². The molecule has 4 nitrogen and oxygen atoms in total. The van der Waals surface area contributed by atoms with Gasteiger partial charge in [0.1, 0.15) is 23.3 Å². The summed E-state index contributed by atoms with van der Waals surface area (Å²) < 4.78 is 14.0. The Morgan fingerprint density at radius 1 is 1.07 bits per heavy atom. The Kier molecular flexibility index (Phi) is 4.62. The zero-order valence-electron chi connectivity index (χ0n) is 15.2. The van der Waals surface area contributed by atoms with Crippen LogP contribution in [0.5, 0.6) is 5.75 Å². The molecule has 27 heavy (non-hydrogen) atoms. The van der Waals surface area contributed by atoms with Crippen molar-refractivity contribution in [3.63, 3.8) is 0 Å². The van der Waals surface area contributed by atoms with Gasteiger partial charge in [0.15, 0.2) is 0 Å². The van der Waals surface area contributed by atoms with E-state index in [4.69, 9.17) is 32.4 Å². The van der Waals surface area contributed by atoms with Gasteiger partial charge in [-0.25, -0.2) is 0 Å². The maximum Gasteiger partial charge on any atom is 0.266 e. The number of nitrogens with zero attached hydrogens (tertiary/aromatic N) is 2. The number of aryl methyl sites for hydroxylation is 2. The van der Waals surface area contributed by atoms with Crippen LogP contribution in [-0.2, 0) is 0 Å². The highest BCUT2D eigenvalue weighted by molar-refractivity contribution is 6.36. The molecule has 0 spiro atoms. The SMILES string of the molecule is Cc1nn2c(-c3ccc(Cl)cc3Cl)c(C)oc2c1OC(C)c1ccccc1. The predicted octanol–water partition coefficient (Wildman–Crippen LogP) is 6.66. The van der Waals surface area contributed by atoms with Crippen molar-refractivity contribution in [1.29, 1.82) is 0 Å². The highest BCUT2D eigenvalue weighted by Crippen LogP contribution is 2.38. The molecule has 2 aromatic heterocycles. The third kappa shape index (κ3) is 3.20. The van der Waals surface area contributed by atoms with Crippen molar-refractivity contribution in [3.8, 4) is 17.0 Å². The normalized spacial score (nSPS) is 12.5. The van der Waals surface area contributed by atoms with E-state index in [1.807, 2.05) is 57.2 Å². The first kappa shape index (κ1) is 18.0. The number of aromatic nitrogens is 2. The second-order valence-electron chi connectivity index (χ2n) is 6.43. The number of rotatable bonds is 4. The van der Waals surface area contributed by atoms with Crippen LogP contribution in [0.2, 0.25) is 10.0 Å². The van der Waals surface area contributed by atoms with Crippen LogP contribution in [0.25, 0.3) is 17.0 Å². The summed E-state index contributed by atoms with van der Waals surface area (Å²) in [7, 11) is 0. The molecule has 0 saturated carbocycles. The van der Waals surface area contributed by atoms with Crippen LogP contribution in [0.1, 0.15) is 30.0 Å². The smallest absolute Gasteiger partial charge is 0.266 e. The Bertz CT molecular complexity index is 1120. The predicted molar refractivity (Wildman–Crippen MR) is 108 cm³/mol. The fraction of sp³-hybridized carbons (Fsp3) is 0.190. The van der Waals surface area contributed by atoms with Crippen LogP contribution in [0.3, 0.4) is 0 Å². The van der Waals surface area contributed by atoms with Gasteiger partial charge in [-0.1, -0.05) is 53.5 Å². The first-order valence-corrected chi connectivity index (χ1v) is 9.37. The number of hydrogen-bond donors (Lipinski definition) is 0. The molecule has 0 aliphatic rings. The molecule has 0 saturated heterocycles. The minimum Gasteiger partial charge on any atom is -0.479 e. The summed E-state index contributed by atoms with van der Waals surface area (Å²) in [5, 5.41) is 5.75. The molecule has 1 unspecified atom stereocenters. The van der Waals surface area contributed by atoms with Crippen molar-refractivity contribution in [2.45, 2.75) is 26.9 Å². The standard InChI is InChI=1S/C21H18Cl2N2O2/c1-12-20(26-13(2)15-7-5-4-6-8-15)21-25(24-12)19(14(3)27-21)17-10-9-16(22)11-18(17)23/h4-11,13H,1-3H3. The number of benzene rings is 2. The lowest BCUT2D eigenvalue weighted by Gasteiger charge is -2.13. The lowest BCUT2D eigenvalue weighted by Crippen LogP contribution is -2.03. The van der Waals surface area contributed by atoms with Crippen molar-refractivity contribution in [3.05, 3.63) is 75.6 Å². The van der Waals surface area contributed by atoms with E-state index in [-0.39, 0.29) is 6.10 Å². The average Bonchev–Trinajstić information content (AvgIpc) is 3.11. The lowest BCUT2D eigenvalue weighted by atomic mass is 10.1. The molecule has 2 heterocycles. The first-order valence-electron chi connectivity index (χ1n) is 8.61. The molecule has 4 rings (SSSR count). The van der Waals surface area contributed by atoms with Gasteiger partial charge in [-0.05, 0) is 44.5 Å². The van der Waals surface area contributed by atoms with Crippen molar-refractivity contribution in [1.82, 2.24) is 9.61 Å². The van der Waals surface area contributed by atoms with Gasteiger partial charge < -0.3 is 9.15 Å². The minimum absolute atomic E-state index is 0.133. The summed E-state index contributed by atoms with van der Waals surface area (Å²) in [5.41, 5.74) is 4.00. The molecular weight excluding hydrogens is 383 g/mol. The quantitative estimate of drug-likeness (QED) is 0.384. The summed E-state index contributed by atoms with van der Waals surface area (Å²) >= 11 is 12.4. The van der Waals surface area contributed by atoms with Crippen LogP contribution in [0.4, 0.5) is 0 Å². The maximum atomic E-state index is 6.41. The summed E-state index contributed by atoms with van der Waals surface area (Å²) in [6.45, 7) is 5.79. The molecule has 1 atom stereocenters. The topological polar surface area (TPSA) is 39.7 Å². The summed E-state index contributed by atoms with van der Waals surface area (Å²) in [5.74, 6) is 1.34. The molecule has 0 aliphatic carbocycles. The van der Waals surface area contributed by atoms with Gasteiger partial charge in [0.2, 0.25) is 5.75 Å². The van der Waals surface area contributed by atoms with Crippen LogP contribution < -0.4 is 4.74 Å². The number of halogens is 2. The highest BCUT2D eigenvalue weighted by atomic mass is 35.5. The third-order valence-electron chi connectivity index (χ3n) is 4.51. The van der Waals surface area contributed by atoms with Crippen molar-refractivity contribution < 1.29 is 9.15 Å². The molecule has 138 valence electrons. The number of fused-ring (bicyclic) bond motifs is 1. The van der Waals surface area contributed by atoms with E-state index in [2.05, 4.69) is 5.10 Å². The van der Waals surface area contributed by atoms with Crippen molar-refractivity contribution in [2.75, 3.05) is 0 Å². The Morgan fingerprint density at radius 2 is 1.81 bits per heavy atom. The number of ether oxygens (including phenoxy) is 1. The van der Waals surface area contributed by atoms with E-state index < -0.39 is 0 Å². The van der Waals surface area contributed by atoms with Gasteiger partial charge >= 0.3 is 0 Å². The van der Waals surface area contributed by atoms with Crippen LogP contribution >= 0.6 is 23.2 Å². The van der Waals surface area contributed by atoms with E-state index in [0.29, 0.717) is 27.3 Å². The molecule has 0 N–H and O–H groups in total. The maximum absolute atomic E-state index is 6.41.